The monoisotopic (exact) mass is 411 g/mol. The molecule has 1 N–H and O–H groups in total. The van der Waals surface area contributed by atoms with Crippen LogP contribution >= 0.6 is 22.9 Å². The van der Waals surface area contributed by atoms with Crippen LogP contribution in [0.25, 0.3) is 10.6 Å². The lowest BCUT2D eigenvalue weighted by Crippen LogP contribution is -2.13. The van der Waals surface area contributed by atoms with E-state index in [1.165, 1.54) is 12.1 Å². The van der Waals surface area contributed by atoms with E-state index in [2.05, 4.69) is 17.0 Å². The van der Waals surface area contributed by atoms with Gasteiger partial charge in [0.1, 0.15) is 11.4 Å². The molecule has 0 aliphatic rings. The number of carbonyl (C=O) groups is 1. The van der Waals surface area contributed by atoms with Gasteiger partial charge in [-0.2, -0.15) is 18.3 Å². The van der Waals surface area contributed by atoms with Crippen LogP contribution in [0, 0.1) is 0 Å². The maximum atomic E-state index is 13.1. The van der Waals surface area contributed by atoms with Crippen molar-refractivity contribution in [1.29, 1.82) is 0 Å². The van der Waals surface area contributed by atoms with Crippen molar-refractivity contribution >= 4 is 34.5 Å². The summed E-state index contributed by atoms with van der Waals surface area (Å²) in [5.74, 6) is -0.402. The number of nitrogens with zero attached hydrogens (tertiary/aromatic N) is 2. The number of halogens is 4. The van der Waals surface area contributed by atoms with Gasteiger partial charge in [-0.15, -0.1) is 17.9 Å². The Morgan fingerprint density at radius 2 is 2.04 bits per heavy atom. The first kappa shape index (κ1) is 19.2. The molecule has 0 atom stereocenters. The van der Waals surface area contributed by atoms with E-state index in [1.807, 2.05) is 0 Å². The van der Waals surface area contributed by atoms with Crippen LogP contribution in [0.2, 0.25) is 5.02 Å². The lowest BCUT2D eigenvalue weighted by Gasteiger charge is -2.07. The third kappa shape index (κ3) is 4.23. The molecular formula is C18H13ClF3N3OS. The second-order valence-corrected chi connectivity index (χ2v) is 6.97. The molecule has 0 fully saturated rings. The van der Waals surface area contributed by atoms with Crippen molar-refractivity contribution in [2.75, 3.05) is 5.32 Å². The van der Waals surface area contributed by atoms with Crippen molar-refractivity contribution < 1.29 is 18.0 Å². The topological polar surface area (TPSA) is 46.9 Å². The SMILES string of the molecule is C=CCn1nc(-c2ccc(C(=O)Nc3ccccc3Cl)s2)cc1C(F)(F)F. The number of alkyl halides is 3. The lowest BCUT2D eigenvalue weighted by atomic mass is 10.3. The maximum Gasteiger partial charge on any atom is 0.433 e. The molecule has 0 aliphatic heterocycles. The Balaban J connectivity index is 1.86. The van der Waals surface area contributed by atoms with E-state index < -0.39 is 17.8 Å². The Bertz CT molecular complexity index is 994. The van der Waals surface area contributed by atoms with Crippen LogP contribution in [0.5, 0.6) is 0 Å². The van der Waals surface area contributed by atoms with Gasteiger partial charge in [0.25, 0.3) is 5.91 Å². The molecule has 0 radical (unpaired) electrons. The number of carbonyl (C=O) groups excluding carboxylic acids is 1. The van der Waals surface area contributed by atoms with Crippen LogP contribution < -0.4 is 5.32 Å². The fourth-order valence-electron chi connectivity index (χ4n) is 2.37. The predicted octanol–water partition coefficient (Wildman–Crippen LogP) is 5.72. The summed E-state index contributed by atoms with van der Waals surface area (Å²) in [5, 5.41) is 7.05. The number of hydrogen-bond acceptors (Lipinski definition) is 3. The fourth-order valence-corrected chi connectivity index (χ4v) is 3.41. The van der Waals surface area contributed by atoms with Gasteiger partial charge < -0.3 is 5.32 Å². The first-order valence-corrected chi connectivity index (χ1v) is 8.91. The van der Waals surface area contributed by atoms with Gasteiger partial charge in [-0.1, -0.05) is 29.8 Å². The van der Waals surface area contributed by atoms with Crippen molar-refractivity contribution in [1.82, 2.24) is 9.78 Å². The second kappa shape index (κ2) is 7.58. The second-order valence-electron chi connectivity index (χ2n) is 5.48. The van der Waals surface area contributed by atoms with Crippen LogP contribution in [0.1, 0.15) is 15.4 Å². The molecule has 4 nitrogen and oxygen atoms in total. The maximum absolute atomic E-state index is 13.1. The minimum atomic E-state index is -4.53. The minimum absolute atomic E-state index is 0.0694. The highest BCUT2D eigenvalue weighted by Gasteiger charge is 2.35. The normalized spacial score (nSPS) is 11.4. The quantitative estimate of drug-likeness (QED) is 0.545. The summed E-state index contributed by atoms with van der Waals surface area (Å²) in [6.07, 6.45) is -3.20. The summed E-state index contributed by atoms with van der Waals surface area (Å²) in [4.78, 5) is 13.1. The van der Waals surface area contributed by atoms with E-state index in [-0.39, 0.29) is 12.2 Å². The average Bonchev–Trinajstić information content (AvgIpc) is 3.23. The molecule has 27 heavy (non-hydrogen) atoms. The van der Waals surface area contributed by atoms with Gasteiger partial charge in [0.15, 0.2) is 0 Å². The number of hydrogen-bond donors (Lipinski definition) is 1. The number of anilines is 1. The van der Waals surface area contributed by atoms with E-state index in [4.69, 9.17) is 11.6 Å². The molecule has 3 rings (SSSR count). The van der Waals surface area contributed by atoms with Gasteiger partial charge in [-0.25, -0.2) is 0 Å². The van der Waals surface area contributed by atoms with Gasteiger partial charge in [0.2, 0.25) is 0 Å². The Morgan fingerprint density at radius 1 is 1.30 bits per heavy atom. The molecule has 3 aromatic rings. The number of benzene rings is 1. The molecule has 1 aromatic carbocycles. The average molecular weight is 412 g/mol. The molecular weight excluding hydrogens is 399 g/mol. The molecule has 2 heterocycles. The molecule has 0 saturated carbocycles. The number of allylic oxidation sites excluding steroid dienone is 1. The molecule has 0 aliphatic carbocycles. The van der Waals surface area contributed by atoms with Crippen molar-refractivity contribution in [2.24, 2.45) is 0 Å². The van der Waals surface area contributed by atoms with Crippen LogP contribution in [-0.4, -0.2) is 15.7 Å². The van der Waals surface area contributed by atoms with Gasteiger partial charge in [-0.3, -0.25) is 9.48 Å². The van der Waals surface area contributed by atoms with E-state index in [0.29, 0.717) is 20.5 Å². The molecule has 0 saturated heterocycles. The largest absolute Gasteiger partial charge is 0.433 e. The number of thiophene rings is 1. The van der Waals surface area contributed by atoms with Crippen molar-refractivity contribution in [2.45, 2.75) is 12.7 Å². The highest BCUT2D eigenvalue weighted by atomic mass is 35.5. The van der Waals surface area contributed by atoms with Crippen molar-refractivity contribution in [3.8, 4) is 10.6 Å². The first-order chi connectivity index (χ1) is 12.8. The summed E-state index contributed by atoms with van der Waals surface area (Å²) >= 11 is 7.06. The fraction of sp³-hybridized carbons (Fsp3) is 0.111. The van der Waals surface area contributed by atoms with Crippen molar-refractivity contribution in [3.63, 3.8) is 0 Å². The zero-order valence-corrected chi connectivity index (χ0v) is 15.3. The molecule has 0 spiro atoms. The summed E-state index contributed by atoms with van der Waals surface area (Å²) in [6.45, 7) is 3.38. The molecule has 2 aromatic heterocycles. The highest BCUT2D eigenvalue weighted by Crippen LogP contribution is 2.35. The number of nitrogens with one attached hydrogen (secondary N) is 1. The third-order valence-corrected chi connectivity index (χ3v) is 5.01. The molecule has 0 unspecified atom stereocenters. The van der Waals surface area contributed by atoms with E-state index in [1.54, 1.807) is 30.3 Å². The van der Waals surface area contributed by atoms with Crippen LogP contribution in [-0.2, 0) is 12.7 Å². The Kier molecular flexibility index (Phi) is 5.38. The number of rotatable bonds is 5. The number of amides is 1. The molecule has 0 bridgehead atoms. The molecule has 9 heteroatoms. The van der Waals surface area contributed by atoms with Gasteiger partial charge in [-0.05, 0) is 30.3 Å². The number of aromatic nitrogens is 2. The summed E-state index contributed by atoms with van der Waals surface area (Å²) in [5.41, 5.74) is -0.271. The molecule has 1 amide bonds. The van der Waals surface area contributed by atoms with Crippen LogP contribution in [0.3, 0.4) is 0 Å². The standard InChI is InChI=1S/C18H13ClF3N3OS/c1-2-9-25-16(18(20,21)22)10-13(24-25)14-7-8-15(27-14)17(26)23-12-6-4-3-5-11(12)19/h2-8,10H,1,9H2,(H,23,26). The van der Waals surface area contributed by atoms with E-state index in [0.717, 1.165) is 22.1 Å². The highest BCUT2D eigenvalue weighted by molar-refractivity contribution is 7.17. The van der Waals surface area contributed by atoms with E-state index in [9.17, 15) is 18.0 Å². The van der Waals surface area contributed by atoms with Crippen LogP contribution in [0.4, 0.5) is 18.9 Å². The predicted molar refractivity (Wildman–Crippen MR) is 100 cm³/mol. The Morgan fingerprint density at radius 3 is 2.70 bits per heavy atom. The lowest BCUT2D eigenvalue weighted by molar-refractivity contribution is -0.144. The summed E-state index contributed by atoms with van der Waals surface area (Å²) in [7, 11) is 0. The third-order valence-electron chi connectivity index (χ3n) is 3.58. The molecule has 140 valence electrons. The Labute approximate surface area is 161 Å². The van der Waals surface area contributed by atoms with E-state index >= 15 is 0 Å². The zero-order valence-electron chi connectivity index (χ0n) is 13.8. The van der Waals surface area contributed by atoms with Gasteiger partial charge in [0.05, 0.1) is 27.0 Å². The summed E-state index contributed by atoms with van der Waals surface area (Å²) < 4.78 is 40.3. The number of para-hydroxylation sites is 1. The van der Waals surface area contributed by atoms with Crippen molar-refractivity contribution in [3.05, 3.63) is 70.7 Å². The zero-order chi connectivity index (χ0) is 19.6. The smallest absolute Gasteiger partial charge is 0.320 e. The van der Waals surface area contributed by atoms with Gasteiger partial charge >= 0.3 is 6.18 Å². The first-order valence-electron chi connectivity index (χ1n) is 7.71. The Hall–Kier alpha value is -2.58. The van der Waals surface area contributed by atoms with Gasteiger partial charge in [0, 0.05) is 0 Å². The summed E-state index contributed by atoms with van der Waals surface area (Å²) in [6, 6.07) is 10.8. The minimum Gasteiger partial charge on any atom is -0.320 e. The van der Waals surface area contributed by atoms with Crippen LogP contribution in [0.15, 0.2) is 55.1 Å².